The fourth-order valence-electron chi connectivity index (χ4n) is 3.51. The number of aromatic nitrogens is 2. The van der Waals surface area contributed by atoms with Gasteiger partial charge in [-0.15, -0.1) is 0 Å². The van der Waals surface area contributed by atoms with E-state index in [1.807, 2.05) is 41.1 Å². The second-order valence-corrected chi connectivity index (χ2v) is 6.41. The fourth-order valence-corrected chi connectivity index (χ4v) is 3.51. The maximum Gasteiger partial charge on any atom is 0.275 e. The van der Waals surface area contributed by atoms with E-state index in [2.05, 4.69) is 10.1 Å². The number of hydrogen-bond acceptors (Lipinski definition) is 6. The lowest BCUT2D eigenvalue weighted by Crippen LogP contribution is -2.56. The van der Waals surface area contributed by atoms with Crippen molar-refractivity contribution < 1.29 is 15.0 Å². The standard InChI is InChI=1S/C18H19N5O3/c1-21-10-13(23-16(18(21)26)17(25)14(24)9-20-23)15(22-8-7-19-11-22)12-5-3-2-4-6-12/h2-9,11,13-15,24-25H,10H2,1H3/t13-,14?,15-/m1/s1. The minimum atomic E-state index is -1.28. The van der Waals surface area contributed by atoms with Crippen LogP contribution in [0.25, 0.3) is 0 Å². The Morgan fingerprint density at radius 3 is 2.73 bits per heavy atom. The molecule has 1 fully saturated rings. The van der Waals surface area contributed by atoms with Crippen LogP contribution in [0.5, 0.6) is 0 Å². The molecule has 0 saturated carbocycles. The molecule has 2 aliphatic heterocycles. The van der Waals surface area contributed by atoms with Crippen molar-refractivity contribution in [3.05, 3.63) is 66.1 Å². The molecule has 0 spiro atoms. The van der Waals surface area contributed by atoms with Crippen molar-refractivity contribution in [2.24, 2.45) is 5.10 Å². The third kappa shape index (κ3) is 2.55. The normalized spacial score (nSPS) is 24.0. The molecule has 1 aromatic carbocycles. The molecule has 26 heavy (non-hydrogen) atoms. The van der Waals surface area contributed by atoms with E-state index < -0.39 is 6.10 Å². The molecule has 0 bridgehead atoms. The second-order valence-electron chi connectivity index (χ2n) is 6.41. The molecule has 2 aromatic rings. The lowest BCUT2D eigenvalue weighted by atomic mass is 9.95. The first-order valence-electron chi connectivity index (χ1n) is 8.30. The molecule has 4 rings (SSSR count). The van der Waals surface area contributed by atoms with E-state index in [0.29, 0.717) is 6.54 Å². The second kappa shape index (κ2) is 6.30. The topological polar surface area (TPSA) is 94.2 Å². The maximum atomic E-state index is 12.6. The Labute approximate surface area is 150 Å². The van der Waals surface area contributed by atoms with Crippen molar-refractivity contribution >= 4 is 12.1 Å². The van der Waals surface area contributed by atoms with Crippen LogP contribution in [-0.4, -0.2) is 67.5 Å². The van der Waals surface area contributed by atoms with Crippen LogP contribution in [0, 0.1) is 0 Å². The lowest BCUT2D eigenvalue weighted by Gasteiger charge is -2.44. The van der Waals surface area contributed by atoms with Crippen LogP contribution < -0.4 is 0 Å². The number of amides is 1. The summed E-state index contributed by atoms with van der Waals surface area (Å²) in [6.07, 6.45) is 5.24. The van der Waals surface area contributed by atoms with Gasteiger partial charge in [0, 0.05) is 26.0 Å². The number of piperazine rings is 1. The van der Waals surface area contributed by atoms with Crippen molar-refractivity contribution in [2.75, 3.05) is 13.6 Å². The highest BCUT2D eigenvalue weighted by Gasteiger charge is 2.44. The van der Waals surface area contributed by atoms with Crippen molar-refractivity contribution in [3.8, 4) is 0 Å². The Hall–Kier alpha value is -3.13. The van der Waals surface area contributed by atoms with Gasteiger partial charge in [-0.05, 0) is 5.56 Å². The summed E-state index contributed by atoms with van der Waals surface area (Å²) in [5.74, 6) is -0.744. The predicted octanol–water partition coefficient (Wildman–Crippen LogP) is 0.745. The molecule has 2 N–H and O–H groups in total. The molecular weight excluding hydrogens is 334 g/mol. The number of nitrogens with zero attached hydrogens (tertiary/aromatic N) is 5. The van der Waals surface area contributed by atoms with E-state index >= 15 is 0 Å². The molecule has 134 valence electrons. The van der Waals surface area contributed by atoms with E-state index in [1.165, 1.54) is 16.1 Å². The number of hydrogen-bond donors (Lipinski definition) is 2. The summed E-state index contributed by atoms with van der Waals surface area (Å²) in [4.78, 5) is 18.3. The monoisotopic (exact) mass is 353 g/mol. The molecule has 1 aromatic heterocycles. The molecule has 0 aliphatic carbocycles. The molecule has 1 unspecified atom stereocenters. The van der Waals surface area contributed by atoms with E-state index in [0.717, 1.165) is 5.56 Å². The summed E-state index contributed by atoms with van der Waals surface area (Å²) in [5.41, 5.74) is 1.04. The third-order valence-electron chi connectivity index (χ3n) is 4.76. The van der Waals surface area contributed by atoms with Gasteiger partial charge < -0.3 is 19.7 Å². The number of aliphatic hydroxyl groups excluding tert-OH is 2. The molecule has 8 nitrogen and oxygen atoms in total. The zero-order valence-electron chi connectivity index (χ0n) is 14.2. The molecule has 0 radical (unpaired) electrons. The number of rotatable bonds is 3. The zero-order valence-corrected chi connectivity index (χ0v) is 14.2. The third-order valence-corrected chi connectivity index (χ3v) is 4.76. The number of carbonyl (C=O) groups excluding carboxylic acids is 1. The van der Waals surface area contributed by atoms with Crippen molar-refractivity contribution in [1.82, 2.24) is 19.5 Å². The Morgan fingerprint density at radius 2 is 2.04 bits per heavy atom. The van der Waals surface area contributed by atoms with E-state index in [9.17, 15) is 15.0 Å². The van der Waals surface area contributed by atoms with Gasteiger partial charge in [0.05, 0.1) is 24.6 Å². The number of carbonyl (C=O) groups is 1. The molecule has 8 heteroatoms. The largest absolute Gasteiger partial charge is 0.507 e. The van der Waals surface area contributed by atoms with E-state index in [1.54, 1.807) is 19.6 Å². The van der Waals surface area contributed by atoms with Gasteiger partial charge in [0.2, 0.25) is 0 Å². The highest BCUT2D eigenvalue weighted by molar-refractivity contribution is 5.95. The summed E-state index contributed by atoms with van der Waals surface area (Å²) in [6, 6.07) is 9.39. The van der Waals surface area contributed by atoms with Gasteiger partial charge in [0.15, 0.2) is 11.5 Å². The number of benzene rings is 1. The van der Waals surface area contributed by atoms with Crippen molar-refractivity contribution in [2.45, 2.75) is 18.2 Å². The lowest BCUT2D eigenvalue weighted by molar-refractivity contribution is -0.133. The molecule has 3 heterocycles. The molecular formula is C18H19N5O3. The van der Waals surface area contributed by atoms with Crippen molar-refractivity contribution in [3.63, 3.8) is 0 Å². The number of hydrazone groups is 1. The van der Waals surface area contributed by atoms with Gasteiger partial charge in [-0.3, -0.25) is 4.79 Å². The Kier molecular flexibility index (Phi) is 3.96. The van der Waals surface area contributed by atoms with Gasteiger partial charge in [-0.1, -0.05) is 30.3 Å². The zero-order chi connectivity index (χ0) is 18.3. The highest BCUT2D eigenvalue weighted by Crippen LogP contribution is 2.34. The summed E-state index contributed by atoms with van der Waals surface area (Å²) >= 11 is 0. The van der Waals surface area contributed by atoms with Gasteiger partial charge >= 0.3 is 0 Å². The number of fused-ring (bicyclic) bond motifs is 1. The van der Waals surface area contributed by atoms with Crippen molar-refractivity contribution in [1.29, 1.82) is 0 Å². The van der Waals surface area contributed by atoms with Crippen LogP contribution in [0.15, 0.2) is 65.6 Å². The Balaban J connectivity index is 1.83. The summed E-state index contributed by atoms with van der Waals surface area (Å²) in [7, 11) is 1.67. The van der Waals surface area contributed by atoms with Crippen LogP contribution in [-0.2, 0) is 4.79 Å². The Bertz CT molecular complexity index is 862. The van der Waals surface area contributed by atoms with E-state index in [-0.39, 0.29) is 29.4 Å². The average Bonchev–Trinajstić information content (AvgIpc) is 3.17. The van der Waals surface area contributed by atoms with Gasteiger partial charge in [0.1, 0.15) is 6.10 Å². The minimum absolute atomic E-state index is 0.0137. The highest BCUT2D eigenvalue weighted by atomic mass is 16.3. The van der Waals surface area contributed by atoms with Crippen LogP contribution in [0.3, 0.4) is 0 Å². The first kappa shape index (κ1) is 16.3. The van der Waals surface area contributed by atoms with Crippen LogP contribution in [0.2, 0.25) is 0 Å². The molecule has 1 amide bonds. The SMILES string of the molecule is CN1C[C@H]([C@@H](c2ccccc2)n2ccnc2)N2N=CC(O)C(O)=C2C1=O. The van der Waals surface area contributed by atoms with Crippen LogP contribution in [0.4, 0.5) is 0 Å². The number of imidazole rings is 1. The van der Waals surface area contributed by atoms with Gasteiger partial charge in [-0.2, -0.15) is 5.10 Å². The maximum absolute atomic E-state index is 12.6. The smallest absolute Gasteiger partial charge is 0.275 e. The summed E-state index contributed by atoms with van der Waals surface area (Å²) < 4.78 is 1.96. The summed E-state index contributed by atoms with van der Waals surface area (Å²) in [6.45, 7) is 0.404. The summed E-state index contributed by atoms with van der Waals surface area (Å²) in [5, 5.41) is 25.9. The molecule has 3 atom stereocenters. The first-order chi connectivity index (χ1) is 12.6. The molecule has 1 saturated heterocycles. The minimum Gasteiger partial charge on any atom is -0.507 e. The van der Waals surface area contributed by atoms with E-state index in [4.69, 9.17) is 0 Å². The number of aliphatic hydroxyl groups is 2. The number of likely N-dealkylation sites (N-methyl/N-ethyl adjacent to an activating group) is 1. The molecule has 2 aliphatic rings. The van der Waals surface area contributed by atoms with Gasteiger partial charge in [0.25, 0.3) is 5.91 Å². The fraction of sp³-hybridized carbons (Fsp3) is 0.278. The van der Waals surface area contributed by atoms with Gasteiger partial charge in [-0.25, -0.2) is 9.99 Å². The first-order valence-corrected chi connectivity index (χ1v) is 8.30. The quantitative estimate of drug-likeness (QED) is 0.849. The Morgan fingerprint density at radius 1 is 1.27 bits per heavy atom. The average molecular weight is 353 g/mol. The van der Waals surface area contributed by atoms with Crippen LogP contribution in [0.1, 0.15) is 11.6 Å². The van der Waals surface area contributed by atoms with Crippen LogP contribution >= 0.6 is 0 Å². The predicted molar refractivity (Wildman–Crippen MR) is 94.2 cm³/mol.